The van der Waals surface area contributed by atoms with Gasteiger partial charge in [0.05, 0.1) is 6.04 Å². The molecule has 1 heterocycles. The molecule has 1 aliphatic rings. The number of rotatable bonds is 1. The Balaban J connectivity index is 2.09. The van der Waals surface area contributed by atoms with Gasteiger partial charge in [0, 0.05) is 5.56 Å². The standard InChI is InChI=1S/C19H27NO2/c21-15-17-13-8-6-4-2-1-3-5-7-11-16-12-9-10-14-18(16)19(22)20-17/h9-10,12,14-15,17H,1-8,11,13H2,(H,20,22). The Hall–Kier alpha value is -1.64. The summed E-state index contributed by atoms with van der Waals surface area (Å²) in [5.74, 6) is -0.109. The Kier molecular flexibility index (Phi) is 7.14. The highest BCUT2D eigenvalue weighted by atomic mass is 16.2. The predicted molar refractivity (Wildman–Crippen MR) is 89.0 cm³/mol. The van der Waals surface area contributed by atoms with Crippen molar-refractivity contribution in [3.05, 3.63) is 35.4 Å². The lowest BCUT2D eigenvalue weighted by Gasteiger charge is -2.14. The van der Waals surface area contributed by atoms with Gasteiger partial charge in [0.25, 0.3) is 5.91 Å². The van der Waals surface area contributed by atoms with E-state index in [0.29, 0.717) is 0 Å². The fourth-order valence-electron chi connectivity index (χ4n) is 3.12. The molecule has 1 N–H and O–H groups in total. The van der Waals surface area contributed by atoms with Crippen LogP contribution in [0.25, 0.3) is 0 Å². The molecule has 3 heteroatoms. The summed E-state index contributed by atoms with van der Waals surface area (Å²) in [6.45, 7) is 0. The number of benzene rings is 1. The zero-order valence-electron chi connectivity index (χ0n) is 13.4. The Bertz CT molecular complexity index is 484. The number of carbonyl (C=O) groups excluding carboxylic acids is 2. The molecule has 0 fully saturated rings. The van der Waals surface area contributed by atoms with Crippen molar-refractivity contribution in [2.45, 2.75) is 70.3 Å². The van der Waals surface area contributed by atoms with Crippen LogP contribution in [0.4, 0.5) is 0 Å². The Labute approximate surface area is 133 Å². The highest BCUT2D eigenvalue weighted by Gasteiger charge is 2.15. The minimum atomic E-state index is -0.356. The molecule has 1 amide bonds. The largest absolute Gasteiger partial charge is 0.343 e. The molecule has 22 heavy (non-hydrogen) atoms. The van der Waals surface area contributed by atoms with Crippen molar-refractivity contribution in [2.75, 3.05) is 0 Å². The average molecular weight is 301 g/mol. The van der Waals surface area contributed by atoms with E-state index >= 15 is 0 Å². The van der Waals surface area contributed by atoms with E-state index in [-0.39, 0.29) is 11.9 Å². The molecular formula is C19H27NO2. The van der Waals surface area contributed by atoms with Gasteiger partial charge in [0.15, 0.2) is 0 Å². The zero-order chi connectivity index (χ0) is 15.6. The van der Waals surface area contributed by atoms with Crippen LogP contribution >= 0.6 is 0 Å². The maximum Gasteiger partial charge on any atom is 0.252 e. The molecule has 0 saturated carbocycles. The summed E-state index contributed by atoms with van der Waals surface area (Å²) in [7, 11) is 0. The molecule has 0 aliphatic carbocycles. The summed E-state index contributed by atoms with van der Waals surface area (Å²) in [4.78, 5) is 23.6. The molecule has 1 aromatic rings. The van der Waals surface area contributed by atoms with Crippen LogP contribution in [0.5, 0.6) is 0 Å². The maximum absolute atomic E-state index is 12.4. The summed E-state index contributed by atoms with van der Waals surface area (Å²) in [6, 6.07) is 7.42. The second-order valence-corrected chi connectivity index (χ2v) is 6.24. The van der Waals surface area contributed by atoms with Crippen molar-refractivity contribution in [1.82, 2.24) is 5.32 Å². The predicted octanol–water partition coefficient (Wildman–Crippen LogP) is 4.05. The molecule has 120 valence electrons. The molecule has 1 aliphatic heterocycles. The quantitative estimate of drug-likeness (QED) is 0.795. The van der Waals surface area contributed by atoms with Crippen LogP contribution < -0.4 is 5.32 Å². The third-order valence-corrected chi connectivity index (χ3v) is 4.45. The van der Waals surface area contributed by atoms with Gasteiger partial charge < -0.3 is 10.1 Å². The Morgan fingerprint density at radius 1 is 0.909 bits per heavy atom. The first kappa shape index (κ1) is 16.7. The van der Waals surface area contributed by atoms with E-state index in [4.69, 9.17) is 0 Å². The first-order chi connectivity index (χ1) is 10.8. The van der Waals surface area contributed by atoms with Crippen molar-refractivity contribution in [1.29, 1.82) is 0 Å². The monoisotopic (exact) mass is 301 g/mol. The minimum Gasteiger partial charge on any atom is -0.343 e. The van der Waals surface area contributed by atoms with Gasteiger partial charge in [-0.1, -0.05) is 63.1 Å². The van der Waals surface area contributed by atoms with Crippen molar-refractivity contribution in [3.63, 3.8) is 0 Å². The van der Waals surface area contributed by atoms with E-state index in [1.165, 1.54) is 32.1 Å². The number of carbonyl (C=O) groups is 2. The summed E-state index contributed by atoms with van der Waals surface area (Å²) < 4.78 is 0. The van der Waals surface area contributed by atoms with Gasteiger partial charge in [-0.2, -0.15) is 0 Å². The fourth-order valence-corrected chi connectivity index (χ4v) is 3.12. The molecule has 1 atom stereocenters. The van der Waals surface area contributed by atoms with Gasteiger partial charge in [-0.05, 0) is 30.9 Å². The highest BCUT2D eigenvalue weighted by molar-refractivity contribution is 5.97. The van der Waals surface area contributed by atoms with Crippen LogP contribution in [-0.4, -0.2) is 18.2 Å². The Morgan fingerprint density at radius 3 is 2.27 bits per heavy atom. The average Bonchev–Trinajstić information content (AvgIpc) is 2.55. The van der Waals surface area contributed by atoms with Gasteiger partial charge in [0.2, 0.25) is 0 Å². The van der Waals surface area contributed by atoms with Crippen molar-refractivity contribution < 1.29 is 9.59 Å². The van der Waals surface area contributed by atoms with Gasteiger partial charge in [-0.25, -0.2) is 0 Å². The summed E-state index contributed by atoms with van der Waals surface area (Å²) in [5.41, 5.74) is 1.82. The minimum absolute atomic E-state index is 0.109. The van der Waals surface area contributed by atoms with E-state index in [1.807, 2.05) is 24.3 Å². The topological polar surface area (TPSA) is 46.2 Å². The van der Waals surface area contributed by atoms with E-state index in [9.17, 15) is 9.59 Å². The number of hydrogen-bond donors (Lipinski definition) is 1. The molecule has 0 bridgehead atoms. The number of aldehydes is 1. The molecule has 0 spiro atoms. The molecule has 3 nitrogen and oxygen atoms in total. The molecule has 0 saturated heterocycles. The third kappa shape index (κ3) is 5.28. The lowest BCUT2D eigenvalue weighted by Crippen LogP contribution is -2.36. The molecule has 1 unspecified atom stereocenters. The Morgan fingerprint density at radius 2 is 1.55 bits per heavy atom. The summed E-state index contributed by atoms with van der Waals surface area (Å²) >= 11 is 0. The maximum atomic E-state index is 12.4. The normalized spacial score (nSPS) is 21.8. The number of nitrogens with one attached hydrogen (secondary N) is 1. The van der Waals surface area contributed by atoms with E-state index in [0.717, 1.165) is 49.5 Å². The van der Waals surface area contributed by atoms with Gasteiger partial charge in [0.1, 0.15) is 6.29 Å². The number of amides is 1. The smallest absolute Gasteiger partial charge is 0.252 e. The van der Waals surface area contributed by atoms with Crippen LogP contribution in [-0.2, 0) is 11.2 Å². The van der Waals surface area contributed by atoms with Crippen LogP contribution in [0, 0.1) is 0 Å². The van der Waals surface area contributed by atoms with E-state index in [1.54, 1.807) is 0 Å². The second-order valence-electron chi connectivity index (χ2n) is 6.24. The molecule has 1 aromatic carbocycles. The molecule has 2 rings (SSSR count). The van der Waals surface area contributed by atoms with Gasteiger partial charge in [-0.15, -0.1) is 0 Å². The van der Waals surface area contributed by atoms with Crippen LogP contribution in [0.3, 0.4) is 0 Å². The summed E-state index contributed by atoms with van der Waals surface area (Å²) in [6.07, 6.45) is 12.2. The SMILES string of the molecule is O=CC1CCCCCCCCCCc2ccccc2C(=O)N1. The van der Waals surface area contributed by atoms with Crippen molar-refractivity contribution in [3.8, 4) is 0 Å². The van der Waals surface area contributed by atoms with E-state index in [2.05, 4.69) is 5.32 Å². The lowest BCUT2D eigenvalue weighted by atomic mass is 10.00. The molecule has 0 radical (unpaired) electrons. The zero-order valence-corrected chi connectivity index (χ0v) is 13.4. The second kappa shape index (κ2) is 9.39. The van der Waals surface area contributed by atoms with Gasteiger partial charge >= 0.3 is 0 Å². The molecular weight excluding hydrogens is 274 g/mol. The number of hydrogen-bond acceptors (Lipinski definition) is 2. The van der Waals surface area contributed by atoms with Crippen LogP contribution in [0.2, 0.25) is 0 Å². The van der Waals surface area contributed by atoms with Crippen molar-refractivity contribution in [2.24, 2.45) is 0 Å². The number of aryl methyl sites for hydroxylation is 1. The van der Waals surface area contributed by atoms with Gasteiger partial charge in [-0.3, -0.25) is 4.79 Å². The van der Waals surface area contributed by atoms with Crippen LogP contribution in [0.15, 0.2) is 24.3 Å². The third-order valence-electron chi connectivity index (χ3n) is 4.45. The summed E-state index contributed by atoms with van der Waals surface area (Å²) in [5, 5.41) is 2.89. The number of fused-ring (bicyclic) bond motifs is 1. The molecule has 0 aromatic heterocycles. The first-order valence-corrected chi connectivity index (χ1v) is 8.65. The fraction of sp³-hybridized carbons (Fsp3) is 0.579. The van der Waals surface area contributed by atoms with Crippen molar-refractivity contribution >= 4 is 12.2 Å². The van der Waals surface area contributed by atoms with Crippen LogP contribution in [0.1, 0.15) is 73.7 Å². The highest BCUT2D eigenvalue weighted by Crippen LogP contribution is 2.16. The first-order valence-electron chi connectivity index (χ1n) is 8.65. The van der Waals surface area contributed by atoms with E-state index < -0.39 is 0 Å². The lowest BCUT2D eigenvalue weighted by molar-refractivity contribution is -0.109.